The Morgan fingerprint density at radius 2 is 1.17 bits per heavy atom. The van der Waals surface area contributed by atoms with Crippen molar-refractivity contribution in [2.45, 2.75) is 26.1 Å². The largest absolute Gasteiger partial charge is 0.385 e. The minimum Gasteiger partial charge on any atom is -0.385 e. The maximum Gasteiger partial charge on any atom is 0.135 e. The molecule has 0 saturated carbocycles. The molecule has 0 aliphatic carbocycles. The van der Waals surface area contributed by atoms with Gasteiger partial charge in [0.25, 0.3) is 0 Å². The zero-order chi connectivity index (χ0) is 16.8. The van der Waals surface area contributed by atoms with Gasteiger partial charge in [-0.3, -0.25) is 0 Å². The number of fused-ring (bicyclic) bond motifs is 2. The Morgan fingerprint density at radius 3 is 1.54 bits per heavy atom. The number of aliphatic hydroxyl groups is 2. The Morgan fingerprint density at radius 1 is 0.750 bits per heavy atom. The summed E-state index contributed by atoms with van der Waals surface area (Å²) in [7, 11) is 0. The predicted octanol–water partition coefficient (Wildman–Crippen LogP) is 3.21. The lowest BCUT2D eigenvalue weighted by Gasteiger charge is -2.02. The Hall–Kier alpha value is -2.70. The van der Waals surface area contributed by atoms with Crippen LogP contribution >= 0.6 is 0 Å². The van der Waals surface area contributed by atoms with Gasteiger partial charge in [0.15, 0.2) is 0 Å². The van der Waals surface area contributed by atoms with Gasteiger partial charge in [-0.2, -0.15) is 0 Å². The van der Waals surface area contributed by atoms with Gasteiger partial charge in [-0.15, -0.1) is 0 Å². The third-order valence-corrected chi connectivity index (χ3v) is 4.13. The number of aromatic nitrogens is 4. The van der Waals surface area contributed by atoms with Gasteiger partial charge in [-0.1, -0.05) is 12.1 Å². The Balaban J connectivity index is 1.79. The third-order valence-electron chi connectivity index (χ3n) is 4.13. The molecule has 0 fully saturated rings. The molecule has 6 nitrogen and oxygen atoms in total. The highest BCUT2D eigenvalue weighted by Gasteiger charge is 2.11. The van der Waals surface area contributed by atoms with Crippen LogP contribution in [0.1, 0.15) is 37.7 Å². The highest BCUT2D eigenvalue weighted by Crippen LogP contribution is 2.27. The number of aromatic amines is 2. The van der Waals surface area contributed by atoms with E-state index in [-0.39, 0.29) is 0 Å². The molecule has 4 N–H and O–H groups in total. The molecular weight excluding hydrogens is 304 g/mol. The van der Waals surface area contributed by atoms with Crippen molar-refractivity contribution in [1.82, 2.24) is 19.9 Å². The van der Waals surface area contributed by atoms with E-state index in [1.54, 1.807) is 13.8 Å². The van der Waals surface area contributed by atoms with E-state index in [9.17, 15) is 10.2 Å². The second kappa shape index (κ2) is 5.43. The molecule has 2 unspecified atom stereocenters. The van der Waals surface area contributed by atoms with Crippen molar-refractivity contribution >= 4 is 22.1 Å². The summed E-state index contributed by atoms with van der Waals surface area (Å²) in [5, 5.41) is 19.3. The summed E-state index contributed by atoms with van der Waals surface area (Å²) in [6.07, 6.45) is -1.25. The molecule has 0 amide bonds. The molecule has 0 saturated heterocycles. The van der Waals surface area contributed by atoms with Crippen molar-refractivity contribution in [3.05, 3.63) is 48.0 Å². The Labute approximate surface area is 138 Å². The number of nitrogens with one attached hydrogen (secondary N) is 2. The topological polar surface area (TPSA) is 97.8 Å². The fourth-order valence-corrected chi connectivity index (χ4v) is 2.81. The smallest absolute Gasteiger partial charge is 0.135 e. The average molecular weight is 322 g/mol. The third kappa shape index (κ3) is 2.46. The van der Waals surface area contributed by atoms with Gasteiger partial charge in [0.1, 0.15) is 23.9 Å². The predicted molar refractivity (Wildman–Crippen MR) is 92.4 cm³/mol. The van der Waals surface area contributed by atoms with E-state index >= 15 is 0 Å². The van der Waals surface area contributed by atoms with Crippen LogP contribution in [-0.2, 0) is 0 Å². The molecule has 2 aromatic carbocycles. The van der Waals surface area contributed by atoms with Gasteiger partial charge in [-0.25, -0.2) is 9.97 Å². The van der Waals surface area contributed by atoms with Gasteiger partial charge < -0.3 is 20.2 Å². The summed E-state index contributed by atoms with van der Waals surface area (Å²) >= 11 is 0. The highest BCUT2D eigenvalue weighted by atomic mass is 16.3. The molecule has 122 valence electrons. The van der Waals surface area contributed by atoms with Crippen LogP contribution in [0.4, 0.5) is 0 Å². The zero-order valence-electron chi connectivity index (χ0n) is 13.4. The molecule has 24 heavy (non-hydrogen) atoms. The summed E-state index contributed by atoms with van der Waals surface area (Å²) in [6, 6.07) is 11.9. The molecule has 4 aromatic rings. The molecule has 0 bridgehead atoms. The number of benzene rings is 2. The van der Waals surface area contributed by atoms with E-state index in [0.29, 0.717) is 11.6 Å². The molecular formula is C18H18N4O2. The summed E-state index contributed by atoms with van der Waals surface area (Å²) in [6.45, 7) is 3.37. The molecule has 0 aliphatic rings. The highest BCUT2D eigenvalue weighted by molar-refractivity contribution is 5.86. The molecule has 0 aliphatic heterocycles. The first-order chi connectivity index (χ1) is 11.5. The summed E-state index contributed by atoms with van der Waals surface area (Å²) in [4.78, 5) is 15.0. The van der Waals surface area contributed by atoms with Gasteiger partial charge in [0, 0.05) is 0 Å². The zero-order valence-corrected chi connectivity index (χ0v) is 13.4. The lowest BCUT2D eigenvalue weighted by Crippen LogP contribution is -1.92. The minimum atomic E-state index is -0.624. The molecule has 6 heteroatoms. The number of imidazole rings is 2. The van der Waals surface area contributed by atoms with Crippen LogP contribution in [0, 0.1) is 0 Å². The number of nitrogens with zero attached hydrogens (tertiary/aromatic N) is 2. The minimum absolute atomic E-state index is 0.563. The normalized spacial score (nSPS) is 14.3. The average Bonchev–Trinajstić information content (AvgIpc) is 3.17. The second-order valence-electron chi connectivity index (χ2n) is 6.06. The first-order valence-corrected chi connectivity index (χ1v) is 7.87. The standard InChI is InChI=1S/C18H18N4O2/c1-9(23)17-19-13-5-3-11(7-15(13)21-17)12-4-6-14-16(8-12)22-18(20-14)10(2)24/h3-10,23-24H,1-2H3,(H,19,21)(H,20,22). The molecule has 4 rings (SSSR count). The van der Waals surface area contributed by atoms with Crippen LogP contribution in [0.25, 0.3) is 33.2 Å². The van der Waals surface area contributed by atoms with Crippen molar-refractivity contribution in [3.63, 3.8) is 0 Å². The fraction of sp³-hybridized carbons (Fsp3) is 0.222. The first-order valence-electron chi connectivity index (χ1n) is 7.87. The van der Waals surface area contributed by atoms with Crippen LogP contribution in [0.3, 0.4) is 0 Å². The van der Waals surface area contributed by atoms with Crippen molar-refractivity contribution in [2.24, 2.45) is 0 Å². The molecule has 0 radical (unpaired) electrons. The second-order valence-corrected chi connectivity index (χ2v) is 6.06. The van der Waals surface area contributed by atoms with Crippen LogP contribution in [0.5, 0.6) is 0 Å². The lowest BCUT2D eigenvalue weighted by atomic mass is 10.0. The van der Waals surface area contributed by atoms with E-state index in [1.807, 2.05) is 36.4 Å². The van der Waals surface area contributed by atoms with E-state index in [1.165, 1.54) is 0 Å². The summed E-state index contributed by atoms with van der Waals surface area (Å²) < 4.78 is 0. The van der Waals surface area contributed by atoms with Crippen molar-refractivity contribution in [3.8, 4) is 11.1 Å². The number of rotatable bonds is 3. The Kier molecular flexibility index (Phi) is 3.37. The molecule has 2 aromatic heterocycles. The van der Waals surface area contributed by atoms with Crippen LogP contribution in [-0.4, -0.2) is 30.1 Å². The summed E-state index contributed by atoms with van der Waals surface area (Å²) in [5.41, 5.74) is 5.51. The number of hydrogen-bond acceptors (Lipinski definition) is 4. The monoisotopic (exact) mass is 322 g/mol. The Bertz CT molecular complexity index is 946. The quantitative estimate of drug-likeness (QED) is 0.465. The van der Waals surface area contributed by atoms with Crippen LogP contribution < -0.4 is 0 Å². The lowest BCUT2D eigenvalue weighted by molar-refractivity contribution is 0.190. The van der Waals surface area contributed by atoms with Gasteiger partial charge in [0.2, 0.25) is 0 Å². The molecule has 2 atom stereocenters. The first kappa shape index (κ1) is 14.9. The van der Waals surface area contributed by atoms with E-state index in [2.05, 4.69) is 19.9 Å². The summed E-state index contributed by atoms with van der Waals surface area (Å²) in [5.74, 6) is 1.13. The maximum atomic E-state index is 9.65. The molecule has 0 spiro atoms. The van der Waals surface area contributed by atoms with Crippen LogP contribution in [0.15, 0.2) is 36.4 Å². The number of hydrogen-bond donors (Lipinski definition) is 4. The molecule has 2 heterocycles. The number of aliphatic hydroxyl groups excluding tert-OH is 2. The number of H-pyrrole nitrogens is 2. The van der Waals surface area contributed by atoms with Crippen LogP contribution in [0.2, 0.25) is 0 Å². The van der Waals surface area contributed by atoms with Gasteiger partial charge in [0.05, 0.1) is 22.1 Å². The fourth-order valence-electron chi connectivity index (χ4n) is 2.81. The van der Waals surface area contributed by atoms with Crippen molar-refractivity contribution < 1.29 is 10.2 Å². The van der Waals surface area contributed by atoms with Crippen molar-refractivity contribution in [2.75, 3.05) is 0 Å². The maximum absolute atomic E-state index is 9.65. The van der Waals surface area contributed by atoms with E-state index in [0.717, 1.165) is 33.2 Å². The van der Waals surface area contributed by atoms with E-state index in [4.69, 9.17) is 0 Å². The van der Waals surface area contributed by atoms with Gasteiger partial charge >= 0.3 is 0 Å². The van der Waals surface area contributed by atoms with Gasteiger partial charge in [-0.05, 0) is 49.2 Å². The van der Waals surface area contributed by atoms with E-state index < -0.39 is 12.2 Å². The van der Waals surface area contributed by atoms with Crippen molar-refractivity contribution in [1.29, 1.82) is 0 Å². The SMILES string of the molecule is CC(O)c1nc2ccc(-c3ccc4nc(C(C)O)[nH]c4c3)cc2[nH]1.